The molecule has 1 heterocycles. The Labute approximate surface area is 101 Å². The fourth-order valence-electron chi connectivity index (χ4n) is 2.55. The Kier molecular flexibility index (Phi) is 3.47. The summed E-state index contributed by atoms with van der Waals surface area (Å²) in [5, 5.41) is 0. The van der Waals surface area contributed by atoms with E-state index >= 15 is 0 Å². The zero-order chi connectivity index (χ0) is 12.5. The Balaban J connectivity index is 2.37. The van der Waals surface area contributed by atoms with Crippen molar-refractivity contribution in [3.05, 3.63) is 35.1 Å². The lowest BCUT2D eigenvalue weighted by atomic mass is 9.86. The number of halogens is 1. The first kappa shape index (κ1) is 12.5. The van der Waals surface area contributed by atoms with Crippen LogP contribution in [0.5, 0.6) is 0 Å². The van der Waals surface area contributed by atoms with Gasteiger partial charge in [-0.1, -0.05) is 6.07 Å². The Bertz CT molecular complexity index is 402. The van der Waals surface area contributed by atoms with Gasteiger partial charge in [-0.15, -0.1) is 0 Å². The second kappa shape index (κ2) is 4.72. The first-order valence-electron chi connectivity index (χ1n) is 5.93. The molecule has 0 aromatic heterocycles. The second-order valence-corrected chi connectivity index (χ2v) is 4.87. The number of aryl methyl sites for hydroxylation is 1. The first-order chi connectivity index (χ1) is 8.07. The lowest BCUT2D eigenvalue weighted by molar-refractivity contribution is -0.0127. The SMILES string of the molecule is Cc1ccc(F)cc1C(NN)C1(C)CCCO1. The van der Waals surface area contributed by atoms with Crippen LogP contribution in [0.15, 0.2) is 18.2 Å². The van der Waals surface area contributed by atoms with Crippen molar-refractivity contribution in [1.82, 2.24) is 5.43 Å². The molecule has 1 aliphatic rings. The van der Waals surface area contributed by atoms with Crippen LogP contribution in [0.25, 0.3) is 0 Å². The molecule has 3 nitrogen and oxygen atoms in total. The van der Waals surface area contributed by atoms with E-state index in [4.69, 9.17) is 10.6 Å². The van der Waals surface area contributed by atoms with E-state index in [1.54, 1.807) is 6.07 Å². The van der Waals surface area contributed by atoms with Gasteiger partial charge in [0.2, 0.25) is 0 Å². The highest BCUT2D eigenvalue weighted by Gasteiger charge is 2.39. The molecule has 2 unspecified atom stereocenters. The van der Waals surface area contributed by atoms with Gasteiger partial charge in [-0.05, 0) is 49.9 Å². The van der Waals surface area contributed by atoms with Crippen molar-refractivity contribution in [1.29, 1.82) is 0 Å². The highest BCUT2D eigenvalue weighted by molar-refractivity contribution is 5.31. The van der Waals surface area contributed by atoms with E-state index in [-0.39, 0.29) is 17.5 Å². The molecule has 1 saturated heterocycles. The monoisotopic (exact) mass is 238 g/mol. The van der Waals surface area contributed by atoms with Crippen molar-refractivity contribution in [3.63, 3.8) is 0 Å². The quantitative estimate of drug-likeness (QED) is 0.627. The van der Waals surface area contributed by atoms with Gasteiger partial charge in [0, 0.05) is 6.61 Å². The fraction of sp³-hybridized carbons (Fsp3) is 0.538. The molecule has 0 radical (unpaired) electrons. The third-order valence-corrected chi connectivity index (χ3v) is 3.58. The summed E-state index contributed by atoms with van der Waals surface area (Å²) in [5.74, 6) is 5.39. The van der Waals surface area contributed by atoms with Crippen LogP contribution in [-0.4, -0.2) is 12.2 Å². The van der Waals surface area contributed by atoms with Crippen LogP contribution in [0, 0.1) is 12.7 Å². The third-order valence-electron chi connectivity index (χ3n) is 3.58. The van der Waals surface area contributed by atoms with E-state index in [0.29, 0.717) is 0 Å². The molecule has 4 heteroatoms. The van der Waals surface area contributed by atoms with Crippen LogP contribution in [0.1, 0.15) is 36.9 Å². The fourth-order valence-corrected chi connectivity index (χ4v) is 2.55. The largest absolute Gasteiger partial charge is 0.373 e. The van der Waals surface area contributed by atoms with Gasteiger partial charge in [0.1, 0.15) is 5.82 Å². The number of hydrazine groups is 1. The second-order valence-electron chi connectivity index (χ2n) is 4.87. The topological polar surface area (TPSA) is 47.3 Å². The lowest BCUT2D eigenvalue weighted by Gasteiger charge is -2.34. The van der Waals surface area contributed by atoms with E-state index in [0.717, 1.165) is 30.6 Å². The summed E-state index contributed by atoms with van der Waals surface area (Å²) in [4.78, 5) is 0. The van der Waals surface area contributed by atoms with Gasteiger partial charge in [0.05, 0.1) is 11.6 Å². The average molecular weight is 238 g/mol. The lowest BCUT2D eigenvalue weighted by Crippen LogP contribution is -2.44. The van der Waals surface area contributed by atoms with Crippen LogP contribution >= 0.6 is 0 Å². The molecule has 0 bridgehead atoms. The van der Waals surface area contributed by atoms with Gasteiger partial charge < -0.3 is 4.74 Å². The molecule has 0 spiro atoms. The summed E-state index contributed by atoms with van der Waals surface area (Å²) in [5.41, 5.74) is 4.31. The normalized spacial score (nSPS) is 26.1. The predicted octanol–water partition coefficient (Wildman–Crippen LogP) is 2.21. The number of ether oxygens (including phenoxy) is 1. The van der Waals surface area contributed by atoms with Gasteiger partial charge in [-0.2, -0.15) is 0 Å². The number of benzene rings is 1. The zero-order valence-corrected chi connectivity index (χ0v) is 10.3. The Hall–Kier alpha value is -0.970. The van der Waals surface area contributed by atoms with Crippen molar-refractivity contribution < 1.29 is 9.13 Å². The van der Waals surface area contributed by atoms with Crippen molar-refractivity contribution in [3.8, 4) is 0 Å². The highest BCUT2D eigenvalue weighted by Crippen LogP contribution is 2.38. The molecule has 1 aromatic rings. The molecule has 94 valence electrons. The summed E-state index contributed by atoms with van der Waals surface area (Å²) in [6.45, 7) is 4.72. The molecule has 0 saturated carbocycles. The van der Waals surface area contributed by atoms with E-state index in [2.05, 4.69) is 5.43 Å². The van der Waals surface area contributed by atoms with E-state index in [1.807, 2.05) is 13.8 Å². The number of hydrogen-bond donors (Lipinski definition) is 2. The van der Waals surface area contributed by atoms with Crippen molar-refractivity contribution in [2.45, 2.75) is 38.3 Å². The number of nitrogens with two attached hydrogens (primary N) is 1. The molecule has 1 aromatic carbocycles. The van der Waals surface area contributed by atoms with Crippen molar-refractivity contribution in [2.24, 2.45) is 5.84 Å². The van der Waals surface area contributed by atoms with Gasteiger partial charge >= 0.3 is 0 Å². The van der Waals surface area contributed by atoms with Gasteiger partial charge in [-0.25, -0.2) is 4.39 Å². The summed E-state index contributed by atoms with van der Waals surface area (Å²) in [6, 6.07) is 4.59. The van der Waals surface area contributed by atoms with E-state index in [9.17, 15) is 4.39 Å². The maximum absolute atomic E-state index is 13.3. The minimum absolute atomic E-state index is 0.180. The van der Waals surface area contributed by atoms with Gasteiger partial charge in [-0.3, -0.25) is 11.3 Å². The van der Waals surface area contributed by atoms with Crippen LogP contribution in [0.3, 0.4) is 0 Å². The molecule has 1 aliphatic heterocycles. The van der Waals surface area contributed by atoms with Gasteiger partial charge in [0.25, 0.3) is 0 Å². The van der Waals surface area contributed by atoms with Crippen LogP contribution in [0.4, 0.5) is 4.39 Å². The molecule has 0 aliphatic carbocycles. The first-order valence-corrected chi connectivity index (χ1v) is 5.93. The van der Waals surface area contributed by atoms with Gasteiger partial charge in [0.15, 0.2) is 0 Å². The zero-order valence-electron chi connectivity index (χ0n) is 10.3. The molecular weight excluding hydrogens is 219 g/mol. The summed E-state index contributed by atoms with van der Waals surface area (Å²) in [7, 11) is 0. The third kappa shape index (κ3) is 2.34. The van der Waals surface area contributed by atoms with Crippen LogP contribution in [-0.2, 0) is 4.74 Å². The Morgan fingerprint density at radius 1 is 1.53 bits per heavy atom. The summed E-state index contributed by atoms with van der Waals surface area (Å²) >= 11 is 0. The van der Waals surface area contributed by atoms with Crippen molar-refractivity contribution in [2.75, 3.05) is 6.61 Å². The number of rotatable bonds is 3. The maximum Gasteiger partial charge on any atom is 0.123 e. The Morgan fingerprint density at radius 2 is 2.29 bits per heavy atom. The summed E-state index contributed by atoms with van der Waals surface area (Å²) in [6.07, 6.45) is 1.95. The van der Waals surface area contributed by atoms with Crippen LogP contribution in [0.2, 0.25) is 0 Å². The maximum atomic E-state index is 13.3. The Morgan fingerprint density at radius 3 is 2.88 bits per heavy atom. The predicted molar refractivity (Wildman–Crippen MR) is 64.8 cm³/mol. The molecule has 1 fully saturated rings. The van der Waals surface area contributed by atoms with E-state index in [1.165, 1.54) is 12.1 Å². The smallest absolute Gasteiger partial charge is 0.123 e. The molecule has 17 heavy (non-hydrogen) atoms. The molecule has 2 rings (SSSR count). The summed E-state index contributed by atoms with van der Waals surface area (Å²) < 4.78 is 19.1. The van der Waals surface area contributed by atoms with E-state index < -0.39 is 0 Å². The minimum atomic E-state index is -0.354. The molecule has 0 amide bonds. The standard InChI is InChI=1S/C13H19FN2O/c1-9-4-5-10(14)8-11(9)12(16-15)13(2)6-3-7-17-13/h4-5,8,12,16H,3,6-7,15H2,1-2H3. The molecule has 3 N–H and O–H groups in total. The highest BCUT2D eigenvalue weighted by atomic mass is 19.1. The molecular formula is C13H19FN2O. The average Bonchev–Trinajstić information content (AvgIpc) is 2.72. The number of hydrogen-bond acceptors (Lipinski definition) is 3. The number of nitrogens with one attached hydrogen (secondary N) is 1. The van der Waals surface area contributed by atoms with Crippen molar-refractivity contribution >= 4 is 0 Å². The molecule has 2 atom stereocenters. The van der Waals surface area contributed by atoms with Crippen LogP contribution < -0.4 is 11.3 Å². The minimum Gasteiger partial charge on any atom is -0.373 e.